The van der Waals surface area contributed by atoms with Gasteiger partial charge in [0.1, 0.15) is 0 Å². The van der Waals surface area contributed by atoms with E-state index in [4.69, 9.17) is 0 Å². The minimum absolute atomic E-state index is 0.0191. The molecule has 2 saturated heterocycles. The number of rotatable bonds is 4. The van der Waals surface area contributed by atoms with Crippen molar-refractivity contribution in [1.29, 1.82) is 0 Å². The third-order valence-corrected chi connectivity index (χ3v) is 5.71. The molecule has 26 heavy (non-hydrogen) atoms. The molecule has 1 N–H and O–H groups in total. The summed E-state index contributed by atoms with van der Waals surface area (Å²) in [7, 11) is 0. The van der Waals surface area contributed by atoms with Crippen LogP contribution >= 0.6 is 0 Å². The Morgan fingerprint density at radius 2 is 2.23 bits per heavy atom. The fourth-order valence-corrected chi connectivity index (χ4v) is 3.94. The van der Waals surface area contributed by atoms with Gasteiger partial charge in [0.05, 0.1) is 12.0 Å². The standard InChI is InChI=1S/C20H30N4O2/c1-3-15(2)19(25)23-10-5-7-17(14-23)20(26)24-11-9-22-13-18(24)16-6-4-8-21-12-16/h4,6,8,12,15,17-18,22H,3,5,7,9-11,13-14H2,1-2H3. The normalized spacial score (nSPS) is 25.0. The van der Waals surface area contributed by atoms with Crippen molar-refractivity contribution in [2.24, 2.45) is 11.8 Å². The Morgan fingerprint density at radius 3 is 2.96 bits per heavy atom. The number of pyridine rings is 1. The van der Waals surface area contributed by atoms with Gasteiger partial charge in [-0.25, -0.2) is 0 Å². The van der Waals surface area contributed by atoms with Gasteiger partial charge in [-0.2, -0.15) is 0 Å². The first-order valence-electron chi connectivity index (χ1n) is 9.81. The second-order valence-electron chi connectivity index (χ2n) is 7.47. The van der Waals surface area contributed by atoms with E-state index in [2.05, 4.69) is 10.3 Å². The van der Waals surface area contributed by atoms with Gasteiger partial charge in [-0.15, -0.1) is 0 Å². The van der Waals surface area contributed by atoms with Crippen molar-refractivity contribution in [1.82, 2.24) is 20.1 Å². The summed E-state index contributed by atoms with van der Waals surface area (Å²) < 4.78 is 0. The molecule has 2 amide bonds. The highest BCUT2D eigenvalue weighted by molar-refractivity contribution is 5.82. The van der Waals surface area contributed by atoms with Gasteiger partial charge in [0.25, 0.3) is 0 Å². The van der Waals surface area contributed by atoms with E-state index < -0.39 is 0 Å². The third-order valence-electron chi connectivity index (χ3n) is 5.71. The Balaban J connectivity index is 1.71. The zero-order valence-electron chi connectivity index (χ0n) is 15.9. The number of likely N-dealkylation sites (tertiary alicyclic amines) is 1. The van der Waals surface area contributed by atoms with Gasteiger partial charge in [0.2, 0.25) is 11.8 Å². The Bertz CT molecular complexity index is 621. The molecule has 2 aliphatic heterocycles. The Morgan fingerprint density at radius 1 is 1.38 bits per heavy atom. The van der Waals surface area contributed by atoms with Crippen molar-refractivity contribution in [2.75, 3.05) is 32.7 Å². The molecule has 2 aliphatic rings. The van der Waals surface area contributed by atoms with E-state index in [-0.39, 0.29) is 29.7 Å². The van der Waals surface area contributed by atoms with E-state index in [1.807, 2.05) is 42.0 Å². The molecule has 6 heteroatoms. The van der Waals surface area contributed by atoms with Crippen LogP contribution in [0.25, 0.3) is 0 Å². The topological polar surface area (TPSA) is 65.5 Å². The van der Waals surface area contributed by atoms with Crippen LogP contribution in [-0.2, 0) is 9.59 Å². The van der Waals surface area contributed by atoms with Crippen LogP contribution in [-0.4, -0.2) is 59.3 Å². The van der Waals surface area contributed by atoms with Gasteiger partial charge in [-0.3, -0.25) is 14.6 Å². The van der Waals surface area contributed by atoms with Crippen LogP contribution in [0.3, 0.4) is 0 Å². The average Bonchev–Trinajstić information content (AvgIpc) is 2.72. The molecule has 3 unspecified atom stereocenters. The largest absolute Gasteiger partial charge is 0.342 e. The molecule has 6 nitrogen and oxygen atoms in total. The summed E-state index contributed by atoms with van der Waals surface area (Å²) in [5, 5.41) is 3.38. The lowest BCUT2D eigenvalue weighted by Gasteiger charge is -2.41. The number of aromatic nitrogens is 1. The molecule has 1 aromatic rings. The lowest BCUT2D eigenvalue weighted by Crippen LogP contribution is -2.53. The summed E-state index contributed by atoms with van der Waals surface area (Å²) in [6.07, 6.45) is 6.22. The summed E-state index contributed by atoms with van der Waals surface area (Å²) >= 11 is 0. The molecule has 0 spiro atoms. The number of nitrogens with one attached hydrogen (secondary N) is 1. The number of carbonyl (C=O) groups excluding carboxylic acids is 2. The van der Waals surface area contributed by atoms with E-state index in [1.165, 1.54) is 0 Å². The number of nitrogens with zero attached hydrogens (tertiary/aromatic N) is 3. The first-order valence-corrected chi connectivity index (χ1v) is 9.81. The Labute approximate surface area is 156 Å². The van der Waals surface area contributed by atoms with Gasteiger partial charge in [0, 0.05) is 51.0 Å². The van der Waals surface area contributed by atoms with Crippen molar-refractivity contribution in [3.63, 3.8) is 0 Å². The fourth-order valence-electron chi connectivity index (χ4n) is 3.94. The monoisotopic (exact) mass is 358 g/mol. The van der Waals surface area contributed by atoms with Crippen molar-refractivity contribution < 1.29 is 9.59 Å². The number of carbonyl (C=O) groups is 2. The number of hydrogen-bond donors (Lipinski definition) is 1. The van der Waals surface area contributed by atoms with Gasteiger partial charge in [0.15, 0.2) is 0 Å². The zero-order chi connectivity index (χ0) is 18.5. The summed E-state index contributed by atoms with van der Waals surface area (Å²) in [6, 6.07) is 3.97. The molecule has 1 aromatic heterocycles. The van der Waals surface area contributed by atoms with E-state index in [9.17, 15) is 9.59 Å². The maximum Gasteiger partial charge on any atom is 0.228 e. The molecule has 2 fully saturated rings. The quantitative estimate of drug-likeness (QED) is 0.892. The maximum atomic E-state index is 13.3. The van der Waals surface area contributed by atoms with Crippen molar-refractivity contribution in [3.8, 4) is 0 Å². The van der Waals surface area contributed by atoms with Crippen LogP contribution in [0.15, 0.2) is 24.5 Å². The van der Waals surface area contributed by atoms with Crippen LogP contribution in [0.2, 0.25) is 0 Å². The van der Waals surface area contributed by atoms with E-state index >= 15 is 0 Å². The predicted molar refractivity (Wildman–Crippen MR) is 100 cm³/mol. The van der Waals surface area contributed by atoms with Gasteiger partial charge in [-0.05, 0) is 30.9 Å². The highest BCUT2D eigenvalue weighted by Gasteiger charge is 2.36. The molecule has 3 heterocycles. The summed E-state index contributed by atoms with van der Waals surface area (Å²) in [4.78, 5) is 33.9. The van der Waals surface area contributed by atoms with E-state index in [1.54, 1.807) is 6.20 Å². The molecule has 142 valence electrons. The van der Waals surface area contributed by atoms with Crippen molar-refractivity contribution in [3.05, 3.63) is 30.1 Å². The molecule has 0 radical (unpaired) electrons. The maximum absolute atomic E-state index is 13.3. The minimum atomic E-state index is -0.0889. The summed E-state index contributed by atoms with van der Waals surface area (Å²) in [6.45, 7) is 7.61. The van der Waals surface area contributed by atoms with Crippen molar-refractivity contribution >= 4 is 11.8 Å². The number of piperazine rings is 1. The predicted octanol–water partition coefficient (Wildman–Crippen LogP) is 1.84. The molecule has 3 atom stereocenters. The molecule has 0 bridgehead atoms. The first kappa shape index (κ1) is 18.8. The Kier molecular flexibility index (Phi) is 6.25. The third kappa shape index (κ3) is 4.06. The minimum Gasteiger partial charge on any atom is -0.342 e. The highest BCUT2D eigenvalue weighted by Crippen LogP contribution is 2.27. The van der Waals surface area contributed by atoms with Crippen LogP contribution < -0.4 is 5.32 Å². The molecular formula is C20H30N4O2. The second kappa shape index (κ2) is 8.62. The molecule has 0 saturated carbocycles. The average molecular weight is 358 g/mol. The van der Waals surface area contributed by atoms with Crippen LogP contribution in [0, 0.1) is 11.8 Å². The Hall–Kier alpha value is -1.95. The molecular weight excluding hydrogens is 328 g/mol. The van der Waals surface area contributed by atoms with Crippen LogP contribution in [0.4, 0.5) is 0 Å². The smallest absolute Gasteiger partial charge is 0.228 e. The first-order chi connectivity index (χ1) is 12.6. The van der Waals surface area contributed by atoms with Crippen molar-refractivity contribution in [2.45, 2.75) is 39.2 Å². The number of piperidine rings is 1. The number of amides is 2. The molecule has 3 rings (SSSR count). The lowest BCUT2D eigenvalue weighted by atomic mass is 9.93. The highest BCUT2D eigenvalue weighted by atomic mass is 16.2. The number of hydrogen-bond acceptors (Lipinski definition) is 4. The fraction of sp³-hybridized carbons (Fsp3) is 0.650. The van der Waals surface area contributed by atoms with Gasteiger partial charge < -0.3 is 15.1 Å². The SMILES string of the molecule is CCC(C)C(=O)N1CCCC(C(=O)N2CCNCC2c2cccnc2)C1. The second-order valence-corrected chi connectivity index (χ2v) is 7.47. The van der Waals surface area contributed by atoms with E-state index in [0.29, 0.717) is 13.1 Å². The van der Waals surface area contributed by atoms with E-state index in [0.717, 1.165) is 44.5 Å². The molecule has 0 aromatic carbocycles. The zero-order valence-corrected chi connectivity index (χ0v) is 15.9. The van der Waals surface area contributed by atoms with Gasteiger partial charge >= 0.3 is 0 Å². The summed E-state index contributed by atoms with van der Waals surface area (Å²) in [5.74, 6) is 0.316. The summed E-state index contributed by atoms with van der Waals surface area (Å²) in [5.41, 5.74) is 1.07. The lowest BCUT2D eigenvalue weighted by molar-refractivity contribution is -0.144. The van der Waals surface area contributed by atoms with Crippen LogP contribution in [0.5, 0.6) is 0 Å². The van der Waals surface area contributed by atoms with Gasteiger partial charge in [-0.1, -0.05) is 19.9 Å². The van der Waals surface area contributed by atoms with Crippen LogP contribution in [0.1, 0.15) is 44.7 Å². The molecule has 0 aliphatic carbocycles.